The highest BCUT2D eigenvalue weighted by Gasteiger charge is 2.14. The molecule has 1 unspecified atom stereocenters. The van der Waals surface area contributed by atoms with Crippen molar-refractivity contribution in [2.24, 2.45) is 0 Å². The number of aromatic nitrogens is 1. The minimum Gasteiger partial charge on any atom is -0.311 e. The number of nitrogens with one attached hydrogen (secondary N) is 1. The van der Waals surface area contributed by atoms with Gasteiger partial charge in [-0.25, -0.2) is 9.37 Å². The van der Waals surface area contributed by atoms with Gasteiger partial charge in [-0.3, -0.25) is 0 Å². The fraction of sp³-hybridized carbons (Fsp3) is 0.357. The highest BCUT2D eigenvalue weighted by molar-refractivity contribution is 7.09. The molecule has 18 heavy (non-hydrogen) atoms. The van der Waals surface area contributed by atoms with E-state index in [2.05, 4.69) is 15.7 Å². The lowest BCUT2D eigenvalue weighted by atomic mass is 9.99. The molecule has 1 N–H and O–H groups in total. The number of hydrogen-bond donors (Lipinski definition) is 1. The second-order valence-corrected chi connectivity index (χ2v) is 5.47. The second kappa shape index (κ2) is 5.59. The summed E-state index contributed by atoms with van der Waals surface area (Å²) in [6.07, 6.45) is 0.753. The highest BCUT2D eigenvalue weighted by Crippen LogP contribution is 2.22. The maximum Gasteiger partial charge on any atom is 0.123 e. The Labute approximate surface area is 111 Å². The van der Waals surface area contributed by atoms with E-state index in [0.717, 1.165) is 28.2 Å². The molecular weight excluding hydrogens is 247 g/mol. The minimum absolute atomic E-state index is 0.135. The van der Waals surface area contributed by atoms with E-state index in [-0.39, 0.29) is 11.9 Å². The lowest BCUT2D eigenvalue weighted by Crippen LogP contribution is -2.19. The van der Waals surface area contributed by atoms with Crippen molar-refractivity contribution in [2.75, 3.05) is 7.05 Å². The Balaban J connectivity index is 2.22. The fourth-order valence-corrected chi connectivity index (χ4v) is 2.64. The topological polar surface area (TPSA) is 24.9 Å². The Bertz CT molecular complexity index is 536. The maximum atomic E-state index is 13.3. The van der Waals surface area contributed by atoms with E-state index in [1.807, 2.05) is 27.0 Å². The molecule has 96 valence electrons. The zero-order valence-electron chi connectivity index (χ0n) is 10.8. The van der Waals surface area contributed by atoms with Crippen molar-refractivity contribution in [2.45, 2.75) is 26.3 Å². The Hall–Kier alpha value is -1.26. The molecule has 1 atom stereocenters. The van der Waals surface area contributed by atoms with Gasteiger partial charge in [0.1, 0.15) is 5.82 Å². The lowest BCUT2D eigenvalue weighted by Gasteiger charge is -2.15. The van der Waals surface area contributed by atoms with Crippen molar-refractivity contribution in [3.8, 4) is 0 Å². The summed E-state index contributed by atoms with van der Waals surface area (Å²) in [4.78, 5) is 4.49. The molecule has 0 aliphatic rings. The Morgan fingerprint density at radius 2 is 2.17 bits per heavy atom. The predicted molar refractivity (Wildman–Crippen MR) is 73.5 cm³/mol. The molecule has 1 aromatic carbocycles. The molecule has 2 aromatic rings. The molecular formula is C14H17FN2S. The highest BCUT2D eigenvalue weighted by atomic mass is 32.1. The van der Waals surface area contributed by atoms with Crippen molar-refractivity contribution in [1.29, 1.82) is 0 Å². The molecule has 0 saturated carbocycles. The number of benzene rings is 1. The molecule has 4 heteroatoms. The van der Waals surface area contributed by atoms with E-state index in [1.54, 1.807) is 17.4 Å². The summed E-state index contributed by atoms with van der Waals surface area (Å²) in [7, 11) is 1.91. The van der Waals surface area contributed by atoms with Crippen LogP contribution < -0.4 is 5.32 Å². The first-order valence-electron chi connectivity index (χ1n) is 5.94. The number of likely N-dealkylation sites (N-methyl/N-ethyl adjacent to an activating group) is 1. The van der Waals surface area contributed by atoms with Gasteiger partial charge in [-0.05, 0) is 50.6 Å². The summed E-state index contributed by atoms with van der Waals surface area (Å²) >= 11 is 1.64. The first-order chi connectivity index (χ1) is 8.60. The van der Waals surface area contributed by atoms with E-state index in [0.29, 0.717) is 0 Å². The zero-order chi connectivity index (χ0) is 13.1. The van der Waals surface area contributed by atoms with Crippen molar-refractivity contribution in [3.63, 3.8) is 0 Å². The first-order valence-corrected chi connectivity index (χ1v) is 6.82. The van der Waals surface area contributed by atoms with Gasteiger partial charge in [-0.1, -0.05) is 6.07 Å². The molecule has 1 aromatic heterocycles. The fourth-order valence-electron chi connectivity index (χ4n) is 1.97. The zero-order valence-corrected chi connectivity index (χ0v) is 11.6. The molecule has 0 amide bonds. The number of rotatable bonds is 4. The van der Waals surface area contributed by atoms with Crippen molar-refractivity contribution < 1.29 is 4.39 Å². The number of aryl methyl sites for hydroxylation is 2. The largest absolute Gasteiger partial charge is 0.311 e. The van der Waals surface area contributed by atoms with E-state index in [9.17, 15) is 4.39 Å². The van der Waals surface area contributed by atoms with E-state index in [1.165, 1.54) is 6.07 Å². The third-order valence-corrected chi connectivity index (χ3v) is 3.87. The smallest absolute Gasteiger partial charge is 0.123 e. The standard InChI is InChI=1S/C14H17FN2S/c1-9-4-5-12(15)6-11(9)7-13(16-3)14-8-18-10(2)17-14/h4-6,8,13,16H,7H2,1-3H3. The normalized spacial score (nSPS) is 12.7. The first kappa shape index (κ1) is 13.2. The lowest BCUT2D eigenvalue weighted by molar-refractivity contribution is 0.571. The van der Waals surface area contributed by atoms with Crippen LogP contribution >= 0.6 is 11.3 Å². The van der Waals surface area contributed by atoms with E-state index >= 15 is 0 Å². The van der Waals surface area contributed by atoms with Gasteiger partial charge in [0.05, 0.1) is 16.7 Å². The van der Waals surface area contributed by atoms with Gasteiger partial charge in [0, 0.05) is 5.38 Å². The van der Waals surface area contributed by atoms with Gasteiger partial charge in [0.25, 0.3) is 0 Å². The van der Waals surface area contributed by atoms with E-state index < -0.39 is 0 Å². The van der Waals surface area contributed by atoms with Crippen LogP contribution in [0, 0.1) is 19.7 Å². The summed E-state index contributed by atoms with van der Waals surface area (Å²) in [6.45, 7) is 4.00. The number of halogens is 1. The summed E-state index contributed by atoms with van der Waals surface area (Å²) in [6, 6.07) is 5.07. The van der Waals surface area contributed by atoms with Crippen LogP contribution in [0.15, 0.2) is 23.6 Å². The van der Waals surface area contributed by atoms with E-state index in [4.69, 9.17) is 0 Å². The van der Waals surface area contributed by atoms with Crippen LogP contribution in [-0.4, -0.2) is 12.0 Å². The molecule has 0 aliphatic carbocycles. The molecule has 0 bridgehead atoms. The second-order valence-electron chi connectivity index (χ2n) is 4.41. The molecule has 2 nitrogen and oxygen atoms in total. The predicted octanol–water partition coefficient (Wildman–Crippen LogP) is 3.40. The summed E-state index contributed by atoms with van der Waals surface area (Å²) in [5.41, 5.74) is 3.17. The Kier molecular flexibility index (Phi) is 4.09. The SMILES string of the molecule is CNC(Cc1cc(F)ccc1C)c1csc(C)n1. The Morgan fingerprint density at radius 3 is 2.78 bits per heavy atom. The Morgan fingerprint density at radius 1 is 1.39 bits per heavy atom. The van der Waals surface area contributed by atoms with Gasteiger partial charge < -0.3 is 5.32 Å². The van der Waals surface area contributed by atoms with Gasteiger partial charge in [0.15, 0.2) is 0 Å². The van der Waals surface area contributed by atoms with Gasteiger partial charge in [0.2, 0.25) is 0 Å². The van der Waals surface area contributed by atoms with Crippen LogP contribution in [0.25, 0.3) is 0 Å². The monoisotopic (exact) mass is 264 g/mol. The van der Waals surface area contributed by atoms with Gasteiger partial charge in [-0.15, -0.1) is 11.3 Å². The number of thiazole rings is 1. The minimum atomic E-state index is -0.181. The van der Waals surface area contributed by atoms with Crippen LogP contribution in [0.2, 0.25) is 0 Å². The molecule has 0 fully saturated rings. The average molecular weight is 264 g/mol. The number of nitrogens with zero attached hydrogens (tertiary/aromatic N) is 1. The van der Waals surface area contributed by atoms with Crippen LogP contribution in [-0.2, 0) is 6.42 Å². The quantitative estimate of drug-likeness (QED) is 0.915. The average Bonchev–Trinajstić information content (AvgIpc) is 2.77. The van der Waals surface area contributed by atoms with Crippen LogP contribution in [0.5, 0.6) is 0 Å². The summed E-state index contributed by atoms with van der Waals surface area (Å²) in [5, 5.41) is 6.37. The molecule has 0 spiro atoms. The van der Waals surface area contributed by atoms with Crippen molar-refractivity contribution in [3.05, 3.63) is 51.2 Å². The third-order valence-electron chi connectivity index (χ3n) is 3.08. The van der Waals surface area contributed by atoms with Crippen molar-refractivity contribution >= 4 is 11.3 Å². The van der Waals surface area contributed by atoms with Gasteiger partial charge >= 0.3 is 0 Å². The molecule has 0 radical (unpaired) electrons. The maximum absolute atomic E-state index is 13.3. The van der Waals surface area contributed by atoms with Crippen LogP contribution in [0.4, 0.5) is 4.39 Å². The molecule has 0 aliphatic heterocycles. The number of hydrogen-bond acceptors (Lipinski definition) is 3. The molecule has 2 rings (SSSR count). The van der Waals surface area contributed by atoms with Crippen molar-refractivity contribution in [1.82, 2.24) is 10.3 Å². The summed E-state index contributed by atoms with van der Waals surface area (Å²) < 4.78 is 13.3. The molecule has 1 heterocycles. The summed E-state index contributed by atoms with van der Waals surface area (Å²) in [5.74, 6) is -0.181. The van der Waals surface area contributed by atoms with Crippen LogP contribution in [0.1, 0.15) is 27.9 Å². The molecule has 0 saturated heterocycles. The third kappa shape index (κ3) is 2.94. The van der Waals surface area contributed by atoms with Crippen LogP contribution in [0.3, 0.4) is 0 Å². The van der Waals surface area contributed by atoms with Gasteiger partial charge in [-0.2, -0.15) is 0 Å².